The van der Waals surface area contributed by atoms with Crippen molar-refractivity contribution < 1.29 is 0 Å². The van der Waals surface area contributed by atoms with E-state index in [-0.39, 0.29) is 0 Å². The lowest BCUT2D eigenvalue weighted by Gasteiger charge is -2.06. The van der Waals surface area contributed by atoms with Gasteiger partial charge in [-0.25, -0.2) is 9.50 Å². The third kappa shape index (κ3) is 2.09. The molecular weight excluding hydrogens is 281 g/mol. The summed E-state index contributed by atoms with van der Waals surface area (Å²) in [6, 6.07) is 9.37. The van der Waals surface area contributed by atoms with Crippen molar-refractivity contribution in [2.75, 3.05) is 0 Å². The largest absolute Gasteiger partial charge is 0.228 e. The van der Waals surface area contributed by atoms with Gasteiger partial charge in [0, 0.05) is 22.2 Å². The second-order valence-electron chi connectivity index (χ2n) is 4.20. The number of halogens is 2. The quantitative estimate of drug-likeness (QED) is 0.660. The highest BCUT2D eigenvalue weighted by Crippen LogP contribution is 2.29. The molecule has 0 saturated carbocycles. The second kappa shape index (κ2) is 4.83. The molecule has 5 heteroatoms. The van der Waals surface area contributed by atoms with Gasteiger partial charge in [0.05, 0.1) is 11.9 Å². The molecule has 0 fully saturated rings. The maximum absolute atomic E-state index is 6.25. The fraction of sp³-hybridized carbons (Fsp3) is 0.143. The molecule has 0 amide bonds. The van der Waals surface area contributed by atoms with Gasteiger partial charge in [-0.15, -0.1) is 0 Å². The minimum absolute atomic E-state index is 0.527. The van der Waals surface area contributed by atoms with E-state index >= 15 is 0 Å². The van der Waals surface area contributed by atoms with Crippen LogP contribution < -0.4 is 0 Å². The first kappa shape index (κ1) is 12.5. The lowest BCUT2D eigenvalue weighted by molar-refractivity contribution is 0.941. The first-order chi connectivity index (χ1) is 9.20. The predicted octanol–water partition coefficient (Wildman–Crippen LogP) is 4.27. The molecule has 19 heavy (non-hydrogen) atoms. The van der Waals surface area contributed by atoms with Crippen molar-refractivity contribution >= 4 is 28.8 Å². The van der Waals surface area contributed by atoms with Crippen LogP contribution in [0.2, 0.25) is 10.2 Å². The fourth-order valence-electron chi connectivity index (χ4n) is 2.03. The molecule has 3 aromatic rings. The van der Waals surface area contributed by atoms with Gasteiger partial charge in [-0.05, 0) is 12.5 Å². The number of aromatic nitrogens is 3. The van der Waals surface area contributed by atoms with Gasteiger partial charge in [0.1, 0.15) is 5.15 Å². The summed E-state index contributed by atoms with van der Waals surface area (Å²) in [6.07, 6.45) is 2.66. The SMILES string of the molecule is CCc1cnn2c(Cl)cc(-c3ccccc3Cl)nc12. The summed E-state index contributed by atoms with van der Waals surface area (Å²) < 4.78 is 1.64. The first-order valence-corrected chi connectivity index (χ1v) is 6.74. The molecular formula is C14H11Cl2N3. The Hall–Kier alpha value is -1.58. The number of benzene rings is 1. The molecule has 3 nitrogen and oxygen atoms in total. The van der Waals surface area contributed by atoms with E-state index in [4.69, 9.17) is 23.2 Å². The van der Waals surface area contributed by atoms with E-state index < -0.39 is 0 Å². The fourth-order valence-corrected chi connectivity index (χ4v) is 2.49. The third-order valence-electron chi connectivity index (χ3n) is 3.03. The van der Waals surface area contributed by atoms with Gasteiger partial charge >= 0.3 is 0 Å². The van der Waals surface area contributed by atoms with Crippen LogP contribution in [-0.4, -0.2) is 14.6 Å². The Labute approximate surface area is 120 Å². The zero-order valence-electron chi connectivity index (χ0n) is 10.3. The lowest BCUT2D eigenvalue weighted by atomic mass is 10.1. The van der Waals surface area contributed by atoms with Crippen molar-refractivity contribution in [3.8, 4) is 11.3 Å². The highest BCUT2D eigenvalue weighted by Gasteiger charge is 2.12. The summed E-state index contributed by atoms with van der Waals surface area (Å²) in [7, 11) is 0. The van der Waals surface area contributed by atoms with E-state index in [0.29, 0.717) is 10.2 Å². The Kier molecular flexibility index (Phi) is 3.17. The van der Waals surface area contributed by atoms with E-state index in [0.717, 1.165) is 28.9 Å². The number of hydrogen-bond donors (Lipinski definition) is 0. The number of nitrogens with zero attached hydrogens (tertiary/aromatic N) is 3. The Bertz CT molecular complexity index is 750. The molecule has 2 aromatic heterocycles. The zero-order valence-corrected chi connectivity index (χ0v) is 11.8. The van der Waals surface area contributed by atoms with Crippen LogP contribution in [0, 0.1) is 0 Å². The molecule has 0 radical (unpaired) electrons. The Morgan fingerprint density at radius 3 is 2.74 bits per heavy atom. The molecule has 96 valence electrons. The number of fused-ring (bicyclic) bond motifs is 1. The van der Waals surface area contributed by atoms with Crippen molar-refractivity contribution in [3.05, 3.63) is 52.3 Å². The number of rotatable bonds is 2. The third-order valence-corrected chi connectivity index (χ3v) is 3.63. The standard InChI is InChI=1S/C14H11Cl2N3/c1-2-9-8-17-19-13(16)7-12(18-14(9)19)10-5-3-4-6-11(10)15/h3-8H,2H2,1H3. The zero-order chi connectivity index (χ0) is 13.4. The summed E-state index contributed by atoms with van der Waals surface area (Å²) in [5.41, 5.74) is 3.48. The molecule has 2 heterocycles. The second-order valence-corrected chi connectivity index (χ2v) is 5.00. The van der Waals surface area contributed by atoms with Gasteiger partial charge in [0.15, 0.2) is 5.65 Å². The summed E-state index contributed by atoms with van der Waals surface area (Å²) in [5, 5.41) is 5.42. The van der Waals surface area contributed by atoms with E-state index in [1.54, 1.807) is 16.8 Å². The highest BCUT2D eigenvalue weighted by atomic mass is 35.5. The van der Waals surface area contributed by atoms with Gasteiger partial charge in [0.2, 0.25) is 0 Å². The average molecular weight is 292 g/mol. The van der Waals surface area contributed by atoms with E-state index in [2.05, 4.69) is 17.0 Å². The minimum Gasteiger partial charge on any atom is -0.228 e. The van der Waals surface area contributed by atoms with Crippen molar-refractivity contribution in [1.82, 2.24) is 14.6 Å². The topological polar surface area (TPSA) is 30.2 Å². The van der Waals surface area contributed by atoms with Crippen LogP contribution in [0.25, 0.3) is 16.9 Å². The van der Waals surface area contributed by atoms with Crippen LogP contribution in [0.15, 0.2) is 36.5 Å². The molecule has 0 saturated heterocycles. The van der Waals surface area contributed by atoms with Crippen molar-refractivity contribution in [1.29, 1.82) is 0 Å². The van der Waals surface area contributed by atoms with Crippen molar-refractivity contribution in [2.24, 2.45) is 0 Å². The van der Waals surface area contributed by atoms with Crippen LogP contribution in [0.4, 0.5) is 0 Å². The summed E-state index contributed by atoms with van der Waals surface area (Å²) in [5.74, 6) is 0. The van der Waals surface area contributed by atoms with Crippen molar-refractivity contribution in [3.63, 3.8) is 0 Å². The van der Waals surface area contributed by atoms with E-state index in [9.17, 15) is 0 Å². The van der Waals surface area contributed by atoms with Crippen LogP contribution in [-0.2, 0) is 6.42 Å². The highest BCUT2D eigenvalue weighted by molar-refractivity contribution is 6.33. The maximum atomic E-state index is 6.25. The monoisotopic (exact) mass is 291 g/mol. The molecule has 0 aliphatic carbocycles. The average Bonchev–Trinajstić information content (AvgIpc) is 2.82. The molecule has 0 atom stereocenters. The molecule has 0 spiro atoms. The molecule has 0 aliphatic heterocycles. The van der Waals surface area contributed by atoms with E-state index in [1.165, 1.54) is 0 Å². The van der Waals surface area contributed by atoms with Crippen LogP contribution in [0.3, 0.4) is 0 Å². The molecule has 0 unspecified atom stereocenters. The van der Waals surface area contributed by atoms with Gasteiger partial charge in [-0.3, -0.25) is 0 Å². The summed E-state index contributed by atoms with van der Waals surface area (Å²) in [6.45, 7) is 2.06. The molecule has 0 bridgehead atoms. The smallest absolute Gasteiger partial charge is 0.160 e. The Morgan fingerprint density at radius 1 is 1.21 bits per heavy atom. The van der Waals surface area contributed by atoms with Gasteiger partial charge in [-0.2, -0.15) is 5.10 Å². The Morgan fingerprint density at radius 2 is 2.00 bits per heavy atom. The van der Waals surface area contributed by atoms with Gasteiger partial charge in [-0.1, -0.05) is 48.3 Å². The molecule has 0 aliphatic rings. The van der Waals surface area contributed by atoms with Crippen LogP contribution >= 0.6 is 23.2 Å². The Balaban J connectivity index is 2.28. The predicted molar refractivity (Wildman–Crippen MR) is 77.8 cm³/mol. The molecule has 0 N–H and O–H groups in total. The molecule has 1 aromatic carbocycles. The van der Waals surface area contributed by atoms with Crippen LogP contribution in [0.5, 0.6) is 0 Å². The van der Waals surface area contributed by atoms with E-state index in [1.807, 2.05) is 24.3 Å². The maximum Gasteiger partial charge on any atom is 0.160 e. The summed E-state index contributed by atoms with van der Waals surface area (Å²) in [4.78, 5) is 4.63. The van der Waals surface area contributed by atoms with Crippen LogP contribution in [0.1, 0.15) is 12.5 Å². The van der Waals surface area contributed by atoms with Gasteiger partial charge < -0.3 is 0 Å². The lowest BCUT2D eigenvalue weighted by Crippen LogP contribution is -1.96. The van der Waals surface area contributed by atoms with Crippen molar-refractivity contribution in [2.45, 2.75) is 13.3 Å². The minimum atomic E-state index is 0.527. The first-order valence-electron chi connectivity index (χ1n) is 5.98. The molecule has 3 rings (SSSR count). The number of aryl methyl sites for hydroxylation is 1. The normalized spacial score (nSPS) is 11.1. The summed E-state index contributed by atoms with van der Waals surface area (Å²) >= 11 is 12.5. The number of hydrogen-bond acceptors (Lipinski definition) is 2. The van der Waals surface area contributed by atoms with Gasteiger partial charge in [0.25, 0.3) is 0 Å².